The molecule has 1 atom stereocenters. The Morgan fingerprint density at radius 3 is 2.94 bits per heavy atom. The zero-order chi connectivity index (χ0) is 11.0. The molecule has 3 nitrogen and oxygen atoms in total. The summed E-state index contributed by atoms with van der Waals surface area (Å²) in [4.78, 5) is 0. The average molecular weight is 240 g/mol. The van der Waals surface area contributed by atoms with Crippen molar-refractivity contribution in [3.63, 3.8) is 0 Å². The molecular weight excluding hydrogens is 226 g/mol. The summed E-state index contributed by atoms with van der Waals surface area (Å²) >= 11 is 6.27. The Kier molecular flexibility index (Phi) is 2.65. The molecule has 1 saturated heterocycles. The van der Waals surface area contributed by atoms with Crippen molar-refractivity contribution in [2.75, 3.05) is 19.8 Å². The van der Waals surface area contributed by atoms with Crippen molar-refractivity contribution >= 4 is 11.6 Å². The third kappa shape index (κ3) is 1.64. The summed E-state index contributed by atoms with van der Waals surface area (Å²) in [6.07, 6.45) is 2.30. The van der Waals surface area contributed by atoms with Crippen molar-refractivity contribution in [2.45, 2.75) is 18.9 Å². The lowest BCUT2D eigenvalue weighted by molar-refractivity contribution is 0.169. The molecule has 1 N–H and O–H groups in total. The van der Waals surface area contributed by atoms with E-state index in [-0.39, 0.29) is 0 Å². The molecule has 86 valence electrons. The quantitative estimate of drug-likeness (QED) is 0.817. The fourth-order valence-electron chi connectivity index (χ4n) is 2.37. The van der Waals surface area contributed by atoms with Gasteiger partial charge in [0.25, 0.3) is 0 Å². The first-order valence-electron chi connectivity index (χ1n) is 5.67. The Morgan fingerprint density at radius 1 is 1.25 bits per heavy atom. The number of benzene rings is 1. The second kappa shape index (κ2) is 4.15. The topological polar surface area (TPSA) is 30.5 Å². The van der Waals surface area contributed by atoms with Crippen LogP contribution in [0.15, 0.2) is 12.1 Å². The van der Waals surface area contributed by atoms with Crippen LogP contribution in [0, 0.1) is 0 Å². The number of halogens is 1. The van der Waals surface area contributed by atoms with Gasteiger partial charge >= 0.3 is 0 Å². The van der Waals surface area contributed by atoms with Gasteiger partial charge in [0.2, 0.25) is 0 Å². The molecule has 16 heavy (non-hydrogen) atoms. The zero-order valence-corrected chi connectivity index (χ0v) is 9.72. The first-order valence-corrected chi connectivity index (χ1v) is 6.05. The maximum Gasteiger partial charge on any atom is 0.167 e. The van der Waals surface area contributed by atoms with Crippen molar-refractivity contribution < 1.29 is 9.47 Å². The largest absolute Gasteiger partial charge is 0.486 e. The lowest BCUT2D eigenvalue weighted by Gasteiger charge is -2.24. The highest BCUT2D eigenvalue weighted by atomic mass is 35.5. The van der Waals surface area contributed by atoms with Crippen LogP contribution in [0.1, 0.15) is 24.4 Å². The van der Waals surface area contributed by atoms with Crippen molar-refractivity contribution in [3.05, 3.63) is 22.7 Å². The van der Waals surface area contributed by atoms with Crippen LogP contribution in [0.3, 0.4) is 0 Å². The third-order valence-corrected chi connectivity index (χ3v) is 3.43. The summed E-state index contributed by atoms with van der Waals surface area (Å²) in [5.74, 6) is 1.65. The van der Waals surface area contributed by atoms with Gasteiger partial charge in [-0.3, -0.25) is 0 Å². The molecule has 4 heteroatoms. The van der Waals surface area contributed by atoms with E-state index in [0.29, 0.717) is 19.3 Å². The lowest BCUT2D eigenvalue weighted by Crippen LogP contribution is -2.20. The van der Waals surface area contributed by atoms with Gasteiger partial charge in [-0.2, -0.15) is 0 Å². The molecule has 0 aromatic heterocycles. The predicted octanol–water partition coefficient (Wildman–Crippen LogP) is 2.54. The fraction of sp³-hybridized carbons (Fsp3) is 0.500. The van der Waals surface area contributed by atoms with Crippen LogP contribution in [-0.4, -0.2) is 19.8 Å². The van der Waals surface area contributed by atoms with E-state index < -0.39 is 0 Å². The summed E-state index contributed by atoms with van der Waals surface area (Å²) in [5, 5.41) is 4.21. The maximum atomic E-state index is 6.27. The molecule has 1 unspecified atom stereocenters. The molecular formula is C12H14ClNO2. The maximum absolute atomic E-state index is 6.27. The molecule has 0 amide bonds. The van der Waals surface area contributed by atoms with E-state index >= 15 is 0 Å². The summed E-state index contributed by atoms with van der Waals surface area (Å²) in [5.41, 5.74) is 1.07. The smallest absolute Gasteiger partial charge is 0.167 e. The molecule has 3 rings (SSSR count). The minimum Gasteiger partial charge on any atom is -0.486 e. The van der Waals surface area contributed by atoms with Crippen LogP contribution >= 0.6 is 11.6 Å². The van der Waals surface area contributed by atoms with Crippen molar-refractivity contribution in [1.82, 2.24) is 5.32 Å². The Morgan fingerprint density at radius 2 is 2.12 bits per heavy atom. The number of fused-ring (bicyclic) bond motifs is 1. The van der Waals surface area contributed by atoms with Gasteiger partial charge in [-0.15, -0.1) is 0 Å². The molecule has 2 heterocycles. The van der Waals surface area contributed by atoms with Gasteiger partial charge in [-0.1, -0.05) is 11.6 Å². The molecule has 0 bridgehead atoms. The third-order valence-electron chi connectivity index (χ3n) is 3.10. The average Bonchev–Trinajstić information content (AvgIpc) is 2.82. The van der Waals surface area contributed by atoms with E-state index in [1.54, 1.807) is 0 Å². The molecule has 0 spiro atoms. The first-order chi connectivity index (χ1) is 7.86. The Bertz CT molecular complexity index is 402. The molecule has 1 aromatic carbocycles. The van der Waals surface area contributed by atoms with E-state index in [1.807, 2.05) is 12.1 Å². The van der Waals surface area contributed by atoms with Crippen LogP contribution in [0.25, 0.3) is 0 Å². The van der Waals surface area contributed by atoms with Gasteiger partial charge in [-0.25, -0.2) is 0 Å². The number of rotatable bonds is 1. The highest BCUT2D eigenvalue weighted by Crippen LogP contribution is 2.43. The van der Waals surface area contributed by atoms with Gasteiger partial charge in [0.1, 0.15) is 13.2 Å². The fourth-order valence-corrected chi connectivity index (χ4v) is 2.65. The minimum atomic E-state index is 0.309. The zero-order valence-electron chi connectivity index (χ0n) is 8.96. The highest BCUT2D eigenvalue weighted by molar-refractivity contribution is 6.31. The van der Waals surface area contributed by atoms with Crippen LogP contribution in [0.5, 0.6) is 11.5 Å². The highest BCUT2D eigenvalue weighted by Gasteiger charge is 2.26. The van der Waals surface area contributed by atoms with Gasteiger partial charge in [-0.05, 0) is 31.5 Å². The van der Waals surface area contributed by atoms with Crippen molar-refractivity contribution in [3.8, 4) is 11.5 Å². The Hall–Kier alpha value is -0.930. The standard InChI is InChI=1S/C12H14ClNO2/c13-8-3-4-10-12(16-7-6-15-10)11(8)9-2-1-5-14-9/h3-4,9,14H,1-2,5-7H2. The molecule has 1 fully saturated rings. The Labute approximate surface area is 99.7 Å². The van der Waals surface area contributed by atoms with Crippen molar-refractivity contribution in [2.24, 2.45) is 0 Å². The van der Waals surface area contributed by atoms with Crippen LogP contribution in [-0.2, 0) is 0 Å². The number of nitrogens with one attached hydrogen (secondary N) is 1. The van der Waals surface area contributed by atoms with Crippen LogP contribution in [0.2, 0.25) is 5.02 Å². The second-order valence-corrected chi connectivity index (χ2v) is 4.54. The SMILES string of the molecule is Clc1ccc2c(c1C1CCCN1)OCCO2. The van der Waals surface area contributed by atoms with Crippen molar-refractivity contribution in [1.29, 1.82) is 0 Å². The lowest BCUT2D eigenvalue weighted by atomic mass is 10.0. The van der Waals surface area contributed by atoms with Gasteiger partial charge in [0.15, 0.2) is 11.5 Å². The molecule has 2 aliphatic heterocycles. The molecule has 2 aliphatic rings. The van der Waals surface area contributed by atoms with E-state index in [2.05, 4.69) is 5.32 Å². The number of ether oxygens (including phenoxy) is 2. The molecule has 0 aliphatic carbocycles. The molecule has 0 saturated carbocycles. The summed E-state index contributed by atoms with van der Waals surface area (Å²) in [6, 6.07) is 4.09. The van der Waals surface area contributed by atoms with Gasteiger partial charge in [0.05, 0.1) is 0 Å². The van der Waals surface area contributed by atoms with Gasteiger partial charge in [0, 0.05) is 16.6 Å². The first kappa shape index (κ1) is 10.2. The predicted molar refractivity (Wildman–Crippen MR) is 62.4 cm³/mol. The van der Waals surface area contributed by atoms with E-state index in [9.17, 15) is 0 Å². The van der Waals surface area contributed by atoms with E-state index in [4.69, 9.17) is 21.1 Å². The second-order valence-electron chi connectivity index (χ2n) is 4.13. The van der Waals surface area contributed by atoms with E-state index in [1.165, 1.54) is 6.42 Å². The summed E-state index contributed by atoms with van der Waals surface area (Å²) in [6.45, 7) is 2.27. The number of hydrogen-bond acceptors (Lipinski definition) is 3. The summed E-state index contributed by atoms with van der Waals surface area (Å²) < 4.78 is 11.3. The van der Waals surface area contributed by atoms with Gasteiger partial charge < -0.3 is 14.8 Å². The Balaban J connectivity index is 2.06. The normalized spacial score (nSPS) is 23.4. The molecule has 1 aromatic rings. The molecule has 0 radical (unpaired) electrons. The summed E-state index contributed by atoms with van der Waals surface area (Å²) in [7, 11) is 0. The monoisotopic (exact) mass is 239 g/mol. The minimum absolute atomic E-state index is 0.309. The van der Waals surface area contributed by atoms with Crippen LogP contribution in [0.4, 0.5) is 0 Å². The van der Waals surface area contributed by atoms with Crippen LogP contribution < -0.4 is 14.8 Å². The number of hydrogen-bond donors (Lipinski definition) is 1. The van der Waals surface area contributed by atoms with E-state index in [0.717, 1.165) is 35.1 Å².